The molecule has 0 aromatic heterocycles. The third-order valence-electron chi connectivity index (χ3n) is 6.77. The van der Waals surface area contributed by atoms with E-state index in [4.69, 9.17) is 23.2 Å². The number of halogens is 2. The Bertz CT molecular complexity index is 1520. The van der Waals surface area contributed by atoms with Crippen LogP contribution in [0.15, 0.2) is 114 Å². The van der Waals surface area contributed by atoms with Crippen molar-refractivity contribution in [2.24, 2.45) is 0 Å². The molecule has 3 aromatic rings. The first-order valence-corrected chi connectivity index (χ1v) is 13.0. The van der Waals surface area contributed by atoms with Gasteiger partial charge in [-0.15, -0.1) is 0 Å². The molecule has 190 valence electrons. The van der Waals surface area contributed by atoms with E-state index in [9.17, 15) is 9.90 Å². The third kappa shape index (κ3) is 5.38. The van der Waals surface area contributed by atoms with Crippen molar-refractivity contribution in [3.63, 3.8) is 0 Å². The summed E-state index contributed by atoms with van der Waals surface area (Å²) in [7, 11) is 4.00. The molecule has 0 radical (unpaired) electrons. The van der Waals surface area contributed by atoms with Gasteiger partial charge in [0.2, 0.25) is 0 Å². The number of carbonyl (C=O) groups is 1. The van der Waals surface area contributed by atoms with Crippen LogP contribution < -0.4 is 10.0 Å². The Morgan fingerprint density at radius 2 is 1.32 bits per heavy atom. The number of hydrogen-bond acceptors (Lipinski definition) is 3. The van der Waals surface area contributed by atoms with Crippen molar-refractivity contribution >= 4 is 46.0 Å². The van der Waals surface area contributed by atoms with E-state index in [1.165, 1.54) is 0 Å². The van der Waals surface area contributed by atoms with Crippen LogP contribution in [0.5, 0.6) is 0 Å². The second-order valence-electron chi connectivity index (χ2n) is 9.47. The van der Waals surface area contributed by atoms with E-state index in [1.54, 1.807) is 0 Å². The topological polar surface area (TPSA) is 46.4 Å². The van der Waals surface area contributed by atoms with Crippen LogP contribution in [0, 0.1) is 0 Å². The van der Waals surface area contributed by atoms with Gasteiger partial charge in [-0.25, -0.2) is 4.58 Å². The Balaban J connectivity index is 1.29. The molecular weight excluding hydrogens is 515 g/mol. The molecular formula is C32H26Cl2N2O2. The van der Waals surface area contributed by atoms with Gasteiger partial charge in [-0.2, -0.15) is 0 Å². The monoisotopic (exact) mass is 540 g/mol. The van der Waals surface area contributed by atoms with E-state index in [1.807, 2.05) is 111 Å². The van der Waals surface area contributed by atoms with E-state index < -0.39 is 0 Å². The number of nitrogens with zero attached hydrogens (tertiary/aromatic N) is 2. The van der Waals surface area contributed by atoms with E-state index in [0.717, 1.165) is 22.5 Å². The number of rotatable bonds is 6. The lowest BCUT2D eigenvalue weighted by Gasteiger charge is -2.32. The number of Topliss-reactive ketones (excluding diaryl/α,β-unsaturated/α-hetero) is 1. The van der Waals surface area contributed by atoms with Crippen molar-refractivity contribution in [1.29, 1.82) is 0 Å². The predicted molar refractivity (Wildman–Crippen MR) is 154 cm³/mol. The highest BCUT2D eigenvalue weighted by molar-refractivity contribution is 6.39. The highest BCUT2D eigenvalue weighted by atomic mass is 35.5. The summed E-state index contributed by atoms with van der Waals surface area (Å²) in [6.45, 7) is 1.43. The maximum Gasteiger partial charge on any atom is 0.199 e. The van der Waals surface area contributed by atoms with Gasteiger partial charge in [0.15, 0.2) is 18.0 Å². The Hall–Kier alpha value is -3.86. The number of ketones is 1. The van der Waals surface area contributed by atoms with Gasteiger partial charge in [-0.3, -0.25) is 4.79 Å². The van der Waals surface area contributed by atoms with Gasteiger partial charge in [-0.05, 0) is 65.3 Å². The highest BCUT2D eigenvalue weighted by Crippen LogP contribution is 2.37. The maximum absolute atomic E-state index is 13.0. The lowest BCUT2D eigenvalue weighted by molar-refractivity contribution is -0.512. The fraction of sp³-hybridized carbons (Fsp3) is 0.125. The van der Waals surface area contributed by atoms with Crippen molar-refractivity contribution in [3.05, 3.63) is 141 Å². The Morgan fingerprint density at radius 1 is 0.763 bits per heavy atom. The zero-order valence-electron chi connectivity index (χ0n) is 21.1. The fourth-order valence-electron chi connectivity index (χ4n) is 4.59. The van der Waals surface area contributed by atoms with Crippen molar-refractivity contribution in [2.45, 2.75) is 13.1 Å². The molecule has 0 fully saturated rings. The van der Waals surface area contributed by atoms with Gasteiger partial charge in [-0.1, -0.05) is 65.4 Å². The minimum absolute atomic E-state index is 0.209. The summed E-state index contributed by atoms with van der Waals surface area (Å²) in [4.78, 5) is 15.1. The van der Waals surface area contributed by atoms with Crippen molar-refractivity contribution in [3.8, 4) is 0 Å². The first kappa shape index (κ1) is 25.8. The average molecular weight is 541 g/mol. The van der Waals surface area contributed by atoms with Gasteiger partial charge >= 0.3 is 0 Å². The fourth-order valence-corrected chi connectivity index (χ4v) is 4.85. The lowest BCUT2D eigenvalue weighted by Crippen LogP contribution is -2.30. The minimum Gasteiger partial charge on any atom is -0.871 e. The van der Waals surface area contributed by atoms with E-state index in [-0.39, 0.29) is 22.7 Å². The standard InChI is InChI=1S/C32H26Cl2N2O2/c1-35(19-21-3-11-25(33)12-4-21)27-15-7-23(8-16-27)29-31(37)30(32(29)38)24-9-17-28(18-10-24)36(2)20-22-5-13-26(34)14-6-22/h3-18H,19-20H2,1-2H3. The summed E-state index contributed by atoms with van der Waals surface area (Å²) in [5.41, 5.74) is 6.05. The molecule has 0 saturated heterocycles. The Morgan fingerprint density at radius 3 is 1.87 bits per heavy atom. The molecule has 5 rings (SSSR count). The maximum atomic E-state index is 13.0. The SMILES string of the molecule is CN(Cc1ccc(Cl)cc1)c1ccc(C2=C([O-])C(=C3C=CC(=[N+](C)Cc4ccc(Cl)cc4)C=C3)C2=O)cc1. The van der Waals surface area contributed by atoms with Crippen LogP contribution in [-0.2, 0) is 17.9 Å². The summed E-state index contributed by atoms with van der Waals surface area (Å²) in [5.74, 6) is -0.418. The van der Waals surface area contributed by atoms with Gasteiger partial charge in [0.1, 0.15) is 7.05 Å². The molecule has 3 aromatic carbocycles. The first-order chi connectivity index (χ1) is 18.3. The Kier molecular flexibility index (Phi) is 7.37. The normalized spacial score (nSPS) is 14.7. The van der Waals surface area contributed by atoms with Crippen LogP contribution in [-0.4, -0.2) is 30.2 Å². The summed E-state index contributed by atoms with van der Waals surface area (Å²) < 4.78 is 2.10. The number of allylic oxidation sites excluding steroid dienone is 7. The smallest absolute Gasteiger partial charge is 0.199 e. The van der Waals surface area contributed by atoms with Crippen LogP contribution in [0.3, 0.4) is 0 Å². The summed E-state index contributed by atoms with van der Waals surface area (Å²) in [6, 6.07) is 23.0. The van der Waals surface area contributed by atoms with Gasteiger partial charge < -0.3 is 10.0 Å². The minimum atomic E-state index is -0.209. The van der Waals surface area contributed by atoms with Crippen LogP contribution in [0.2, 0.25) is 10.0 Å². The molecule has 6 heteroatoms. The van der Waals surface area contributed by atoms with Gasteiger partial charge in [0, 0.05) is 58.2 Å². The summed E-state index contributed by atoms with van der Waals surface area (Å²) >= 11 is 12.0. The Labute approximate surface area is 232 Å². The molecule has 0 heterocycles. The number of hydrogen-bond donors (Lipinski definition) is 0. The molecule has 0 atom stereocenters. The summed E-state index contributed by atoms with van der Waals surface area (Å²) in [6.07, 6.45) is 7.54. The zero-order chi connectivity index (χ0) is 26.8. The van der Waals surface area contributed by atoms with Crippen molar-refractivity contribution < 1.29 is 14.5 Å². The number of benzene rings is 3. The highest BCUT2D eigenvalue weighted by Gasteiger charge is 2.30. The van der Waals surface area contributed by atoms with Crippen LogP contribution >= 0.6 is 23.2 Å². The summed E-state index contributed by atoms with van der Waals surface area (Å²) in [5, 5.41) is 14.4. The molecule has 4 nitrogen and oxygen atoms in total. The first-order valence-electron chi connectivity index (χ1n) is 12.3. The second-order valence-corrected chi connectivity index (χ2v) is 10.3. The molecule has 0 saturated carbocycles. The van der Waals surface area contributed by atoms with E-state index in [2.05, 4.69) is 9.48 Å². The van der Waals surface area contributed by atoms with E-state index in [0.29, 0.717) is 34.3 Å². The molecule has 0 bridgehead atoms. The number of anilines is 1. The number of carbonyl (C=O) groups excluding carboxylic acids is 1. The van der Waals surface area contributed by atoms with E-state index >= 15 is 0 Å². The van der Waals surface area contributed by atoms with Crippen molar-refractivity contribution in [1.82, 2.24) is 0 Å². The molecule has 2 aliphatic carbocycles. The quantitative estimate of drug-likeness (QED) is 0.285. The molecule has 0 amide bonds. The molecule has 0 N–H and O–H groups in total. The predicted octanol–water partition coefficient (Wildman–Crippen LogP) is 5.99. The molecule has 38 heavy (non-hydrogen) atoms. The zero-order valence-corrected chi connectivity index (χ0v) is 22.6. The molecule has 0 aliphatic heterocycles. The van der Waals surface area contributed by atoms with Crippen LogP contribution in [0.25, 0.3) is 5.57 Å². The average Bonchev–Trinajstić information content (AvgIpc) is 2.92. The third-order valence-corrected chi connectivity index (χ3v) is 7.27. The lowest BCUT2D eigenvalue weighted by atomic mass is 9.80. The van der Waals surface area contributed by atoms with Crippen molar-refractivity contribution in [2.75, 3.05) is 19.0 Å². The van der Waals surface area contributed by atoms with Crippen LogP contribution in [0.4, 0.5) is 5.69 Å². The molecule has 0 unspecified atom stereocenters. The van der Waals surface area contributed by atoms with Gasteiger partial charge in [0.25, 0.3) is 0 Å². The largest absolute Gasteiger partial charge is 0.871 e. The van der Waals surface area contributed by atoms with Gasteiger partial charge in [0.05, 0.1) is 0 Å². The van der Waals surface area contributed by atoms with Crippen LogP contribution in [0.1, 0.15) is 16.7 Å². The molecule has 0 spiro atoms. The molecule has 2 aliphatic rings. The second kappa shape index (κ2) is 10.9.